The van der Waals surface area contributed by atoms with Gasteiger partial charge in [-0.15, -0.1) is 11.8 Å². The Hall–Kier alpha value is -3.42. The van der Waals surface area contributed by atoms with Crippen LogP contribution in [0.2, 0.25) is 0 Å². The van der Waals surface area contributed by atoms with E-state index in [0.29, 0.717) is 23.9 Å². The van der Waals surface area contributed by atoms with E-state index in [1.165, 1.54) is 11.1 Å². The van der Waals surface area contributed by atoms with Gasteiger partial charge in [-0.05, 0) is 49.2 Å². The zero-order valence-corrected chi connectivity index (χ0v) is 20.1. The Labute approximate surface area is 203 Å². The maximum atomic E-state index is 9.88. The Morgan fingerprint density at radius 3 is 2.53 bits per heavy atom. The van der Waals surface area contributed by atoms with E-state index in [4.69, 9.17) is 19.4 Å². The van der Waals surface area contributed by atoms with Gasteiger partial charge in [0.25, 0.3) is 0 Å². The minimum Gasteiger partial charge on any atom is -0.497 e. The number of aromatic nitrogens is 3. The van der Waals surface area contributed by atoms with Crippen LogP contribution in [0.5, 0.6) is 17.4 Å². The second kappa shape index (κ2) is 9.44. The molecule has 0 spiro atoms. The second-order valence-electron chi connectivity index (χ2n) is 8.19. The van der Waals surface area contributed by atoms with E-state index in [1.54, 1.807) is 25.1 Å². The minimum atomic E-state index is -0.0925. The van der Waals surface area contributed by atoms with Gasteiger partial charge >= 0.3 is 0 Å². The van der Waals surface area contributed by atoms with Crippen LogP contribution in [0.15, 0.2) is 59.8 Å². The maximum absolute atomic E-state index is 9.88. The molecule has 0 amide bonds. The normalized spacial score (nSPS) is 12.0. The number of thioether (sulfide) groups is 1. The molecule has 0 aliphatic carbocycles. The molecule has 2 aromatic carbocycles. The van der Waals surface area contributed by atoms with E-state index in [1.807, 2.05) is 31.2 Å². The number of fused-ring (bicyclic) bond motifs is 2. The van der Waals surface area contributed by atoms with Crippen molar-refractivity contribution in [3.05, 3.63) is 88.2 Å². The molecule has 0 bridgehead atoms. The van der Waals surface area contributed by atoms with E-state index < -0.39 is 0 Å². The summed E-state index contributed by atoms with van der Waals surface area (Å²) in [5, 5.41) is 10.8. The summed E-state index contributed by atoms with van der Waals surface area (Å²) in [7, 11) is 1.65. The standard InChI is InChI=1S/C27H25N3O3S/c1-16-6-4-5-7-19(16)15-34-27-23-12-22-20(14-31)13-28-17(2)24(22)33-26(23)29-25(30-27)18-8-10-21(32-3)11-9-18/h4-11,13,31H,12,14-15H2,1-3H3. The van der Waals surface area contributed by atoms with Crippen molar-refractivity contribution in [2.75, 3.05) is 7.11 Å². The lowest BCUT2D eigenvalue weighted by atomic mass is 9.99. The first-order valence-corrected chi connectivity index (χ1v) is 12.0. The first-order chi connectivity index (χ1) is 16.6. The molecule has 0 fully saturated rings. The van der Waals surface area contributed by atoms with Crippen molar-refractivity contribution in [3.8, 4) is 28.8 Å². The zero-order valence-electron chi connectivity index (χ0n) is 19.3. The van der Waals surface area contributed by atoms with Gasteiger partial charge in [0.05, 0.1) is 25.0 Å². The molecule has 0 unspecified atom stereocenters. The molecular formula is C27H25N3O3S. The third kappa shape index (κ3) is 4.24. The molecule has 0 saturated carbocycles. The van der Waals surface area contributed by atoms with Gasteiger partial charge in [0, 0.05) is 35.1 Å². The number of aliphatic hydroxyl groups excluding tert-OH is 1. The van der Waals surface area contributed by atoms with E-state index in [9.17, 15) is 5.11 Å². The molecule has 0 saturated heterocycles. The maximum Gasteiger partial charge on any atom is 0.227 e. The summed E-state index contributed by atoms with van der Waals surface area (Å²) >= 11 is 1.68. The summed E-state index contributed by atoms with van der Waals surface area (Å²) in [5.74, 6) is 3.38. The first-order valence-electron chi connectivity index (χ1n) is 11.1. The number of benzene rings is 2. The summed E-state index contributed by atoms with van der Waals surface area (Å²) in [4.78, 5) is 14.1. The third-order valence-corrected chi connectivity index (χ3v) is 7.10. The topological polar surface area (TPSA) is 77.4 Å². The number of ether oxygens (including phenoxy) is 2. The van der Waals surface area contributed by atoms with E-state index in [0.717, 1.165) is 44.5 Å². The molecular weight excluding hydrogens is 446 g/mol. The number of hydrogen-bond acceptors (Lipinski definition) is 7. The van der Waals surface area contributed by atoms with Gasteiger partial charge in [0.15, 0.2) is 11.6 Å². The van der Waals surface area contributed by atoms with Gasteiger partial charge < -0.3 is 14.6 Å². The average Bonchev–Trinajstić information content (AvgIpc) is 2.87. The number of hydrogen-bond donors (Lipinski definition) is 1. The summed E-state index contributed by atoms with van der Waals surface area (Å²) in [6.45, 7) is 3.94. The molecule has 3 heterocycles. The molecule has 0 atom stereocenters. The van der Waals surface area contributed by atoms with Gasteiger partial charge in [-0.2, -0.15) is 4.98 Å². The second-order valence-corrected chi connectivity index (χ2v) is 9.16. The van der Waals surface area contributed by atoms with Crippen LogP contribution in [0, 0.1) is 13.8 Å². The lowest BCUT2D eigenvalue weighted by Gasteiger charge is -2.24. The first kappa shape index (κ1) is 22.4. The predicted octanol–water partition coefficient (Wildman–Crippen LogP) is 5.65. The Balaban J connectivity index is 1.59. The average molecular weight is 472 g/mol. The number of nitrogens with zero attached hydrogens (tertiary/aromatic N) is 3. The Kier molecular flexibility index (Phi) is 6.22. The molecule has 1 N–H and O–H groups in total. The summed E-state index contributed by atoms with van der Waals surface area (Å²) < 4.78 is 11.6. The van der Waals surface area contributed by atoms with Crippen molar-refractivity contribution < 1.29 is 14.6 Å². The quantitative estimate of drug-likeness (QED) is 0.253. The monoisotopic (exact) mass is 471 g/mol. The highest BCUT2D eigenvalue weighted by molar-refractivity contribution is 7.98. The highest BCUT2D eigenvalue weighted by Crippen LogP contribution is 2.43. The van der Waals surface area contributed by atoms with Crippen molar-refractivity contribution in [1.82, 2.24) is 15.0 Å². The minimum absolute atomic E-state index is 0.0925. The van der Waals surface area contributed by atoms with Crippen LogP contribution in [0.25, 0.3) is 11.4 Å². The van der Waals surface area contributed by atoms with Crippen molar-refractivity contribution >= 4 is 11.8 Å². The summed E-state index contributed by atoms with van der Waals surface area (Å²) in [6.07, 6.45) is 2.30. The third-order valence-electron chi connectivity index (χ3n) is 6.03. The van der Waals surface area contributed by atoms with Gasteiger partial charge in [0.1, 0.15) is 10.8 Å². The van der Waals surface area contributed by atoms with Crippen LogP contribution in [0.4, 0.5) is 0 Å². The summed E-state index contributed by atoms with van der Waals surface area (Å²) in [6, 6.07) is 16.1. The van der Waals surface area contributed by atoms with Gasteiger partial charge in [-0.25, -0.2) is 4.98 Å². The molecule has 6 nitrogen and oxygen atoms in total. The van der Waals surface area contributed by atoms with E-state index >= 15 is 0 Å². The molecule has 34 heavy (non-hydrogen) atoms. The number of rotatable bonds is 6. The number of aryl methyl sites for hydroxylation is 2. The Bertz CT molecular complexity index is 1360. The summed E-state index contributed by atoms with van der Waals surface area (Å²) in [5.41, 5.74) is 6.81. The van der Waals surface area contributed by atoms with Crippen molar-refractivity contribution in [2.24, 2.45) is 0 Å². The molecule has 2 aromatic heterocycles. The lowest BCUT2D eigenvalue weighted by Crippen LogP contribution is -2.13. The highest BCUT2D eigenvalue weighted by Gasteiger charge is 2.27. The fourth-order valence-corrected chi connectivity index (χ4v) is 5.10. The Morgan fingerprint density at radius 2 is 1.79 bits per heavy atom. The van der Waals surface area contributed by atoms with Crippen LogP contribution in [-0.2, 0) is 18.8 Å². The fourth-order valence-electron chi connectivity index (χ4n) is 4.00. The predicted molar refractivity (Wildman–Crippen MR) is 133 cm³/mol. The van der Waals surface area contributed by atoms with Gasteiger partial charge in [-0.1, -0.05) is 24.3 Å². The molecule has 0 radical (unpaired) electrons. The smallest absolute Gasteiger partial charge is 0.227 e. The van der Waals surface area contributed by atoms with E-state index in [2.05, 4.69) is 36.2 Å². The fraction of sp³-hybridized carbons (Fsp3) is 0.222. The van der Waals surface area contributed by atoms with Crippen LogP contribution < -0.4 is 9.47 Å². The van der Waals surface area contributed by atoms with Gasteiger partial charge in [0.2, 0.25) is 5.88 Å². The Morgan fingerprint density at radius 1 is 1.00 bits per heavy atom. The lowest BCUT2D eigenvalue weighted by molar-refractivity contribution is 0.278. The van der Waals surface area contributed by atoms with Crippen LogP contribution in [-0.4, -0.2) is 27.2 Å². The number of pyridine rings is 1. The molecule has 4 aromatic rings. The molecule has 1 aliphatic rings. The van der Waals surface area contributed by atoms with Crippen LogP contribution in [0.3, 0.4) is 0 Å². The van der Waals surface area contributed by atoms with Crippen molar-refractivity contribution in [1.29, 1.82) is 0 Å². The van der Waals surface area contributed by atoms with Crippen molar-refractivity contribution in [3.63, 3.8) is 0 Å². The largest absolute Gasteiger partial charge is 0.497 e. The molecule has 7 heteroatoms. The van der Waals surface area contributed by atoms with E-state index in [-0.39, 0.29) is 6.61 Å². The molecule has 1 aliphatic heterocycles. The molecule has 5 rings (SSSR count). The van der Waals surface area contributed by atoms with Gasteiger partial charge in [-0.3, -0.25) is 4.98 Å². The van der Waals surface area contributed by atoms with Crippen LogP contribution >= 0.6 is 11.8 Å². The number of aliphatic hydroxyl groups is 1. The van der Waals surface area contributed by atoms with Crippen LogP contribution in [0.1, 0.15) is 33.5 Å². The van der Waals surface area contributed by atoms with Crippen molar-refractivity contribution in [2.45, 2.75) is 37.7 Å². The molecule has 172 valence electrons. The zero-order chi connectivity index (χ0) is 23.7. The number of methoxy groups -OCH3 is 1. The SMILES string of the molecule is COc1ccc(-c2nc3c(c(SCc4ccccc4C)n2)Cc2c(CO)cnc(C)c2O3)cc1. The highest BCUT2D eigenvalue weighted by atomic mass is 32.2.